The predicted molar refractivity (Wildman–Crippen MR) is 131 cm³/mol. The Morgan fingerprint density at radius 2 is 1.69 bits per heavy atom. The molecule has 1 saturated heterocycles. The molecule has 0 radical (unpaired) electrons. The molecule has 1 fully saturated rings. The zero-order valence-corrected chi connectivity index (χ0v) is 20.7. The van der Waals surface area contributed by atoms with Gasteiger partial charge in [-0.2, -0.15) is 8.42 Å². The van der Waals surface area contributed by atoms with Gasteiger partial charge in [-0.3, -0.25) is 14.2 Å². The summed E-state index contributed by atoms with van der Waals surface area (Å²) in [4.78, 5) is 16.6. The second-order valence-electron chi connectivity index (χ2n) is 7.94. The van der Waals surface area contributed by atoms with Gasteiger partial charge >= 0.3 is 6.36 Å². The number of piperidine rings is 1. The number of rotatable bonds is 5. The van der Waals surface area contributed by atoms with Crippen LogP contribution in [0.2, 0.25) is 0 Å². The zero-order chi connectivity index (χ0) is 26.4. The number of thiocarbonyl (C=S) groups is 1. The van der Waals surface area contributed by atoms with E-state index in [-0.39, 0.29) is 22.6 Å². The van der Waals surface area contributed by atoms with Crippen molar-refractivity contribution in [3.05, 3.63) is 54.1 Å². The van der Waals surface area contributed by atoms with E-state index in [9.17, 15) is 26.4 Å². The fourth-order valence-corrected chi connectivity index (χ4v) is 3.72. The van der Waals surface area contributed by atoms with Crippen LogP contribution >= 0.6 is 12.2 Å². The van der Waals surface area contributed by atoms with Crippen LogP contribution in [0, 0.1) is 5.92 Å². The Morgan fingerprint density at radius 1 is 1.14 bits per heavy atom. The van der Waals surface area contributed by atoms with E-state index in [0.29, 0.717) is 23.2 Å². The van der Waals surface area contributed by atoms with Crippen molar-refractivity contribution in [1.29, 1.82) is 0 Å². The summed E-state index contributed by atoms with van der Waals surface area (Å²) in [6.07, 6.45) is -2.45. The lowest BCUT2D eigenvalue weighted by Crippen LogP contribution is -2.34. The number of Topliss-reactive ketones (excluding diaryl/α,β-unsaturated/α-hetero) is 1. The number of ketones is 1. The number of carbonyl (C=O) groups excluding carboxylic acids is 1. The molecule has 0 amide bonds. The standard InChI is InChI=1S/C21H22F3N3O2S.CH4O3S/c1-26-11-9-14(10-12-26)19(28)15-3-2-4-17(13-15)27(20(25)30)16-5-7-18(8-6-16)29-21(22,23)24;1-5(2,3)4/h2-8,13-14H,9-12H2,1H3,(H2,25,30);1H3,(H,2,3,4). The van der Waals surface area contributed by atoms with E-state index < -0.39 is 16.5 Å². The van der Waals surface area contributed by atoms with Crippen LogP contribution in [-0.4, -0.2) is 61.5 Å². The largest absolute Gasteiger partial charge is 0.573 e. The molecule has 0 unspecified atom stereocenters. The lowest BCUT2D eigenvalue weighted by Gasteiger charge is -2.28. The third-order valence-electron chi connectivity index (χ3n) is 5.03. The van der Waals surface area contributed by atoms with Gasteiger partial charge in [-0.05, 0) is 81.6 Å². The van der Waals surface area contributed by atoms with Crippen molar-refractivity contribution in [3.63, 3.8) is 0 Å². The molecule has 1 aliphatic rings. The Kier molecular flexibility index (Phi) is 9.60. The number of anilines is 2. The van der Waals surface area contributed by atoms with Gasteiger partial charge in [-0.15, -0.1) is 13.2 Å². The number of hydrogen-bond acceptors (Lipinski definition) is 6. The number of carbonyl (C=O) groups is 1. The molecule has 0 spiro atoms. The average molecular weight is 534 g/mol. The SMILES string of the molecule is CN1CCC(C(=O)c2cccc(N(C(N)=S)c3ccc(OC(F)(F)F)cc3)c2)CC1.CS(=O)(=O)O. The quantitative estimate of drug-likeness (QED) is 0.335. The van der Waals surface area contributed by atoms with E-state index in [1.165, 1.54) is 29.2 Å². The monoisotopic (exact) mass is 533 g/mol. The summed E-state index contributed by atoms with van der Waals surface area (Å²) in [5.41, 5.74) is 7.46. The molecule has 13 heteroatoms. The highest BCUT2D eigenvalue weighted by molar-refractivity contribution is 7.85. The van der Waals surface area contributed by atoms with Crippen molar-refractivity contribution in [1.82, 2.24) is 4.90 Å². The van der Waals surface area contributed by atoms with Crippen LogP contribution in [0.15, 0.2) is 48.5 Å². The third-order valence-corrected chi connectivity index (χ3v) is 5.21. The Bertz CT molecular complexity index is 1130. The highest BCUT2D eigenvalue weighted by atomic mass is 32.2. The predicted octanol–water partition coefficient (Wildman–Crippen LogP) is 4.00. The first-order valence-electron chi connectivity index (χ1n) is 10.3. The molecule has 1 aliphatic heterocycles. The van der Waals surface area contributed by atoms with Crippen LogP contribution in [0.5, 0.6) is 5.75 Å². The van der Waals surface area contributed by atoms with Gasteiger partial charge in [0.05, 0.1) is 6.26 Å². The fourth-order valence-electron chi connectivity index (χ4n) is 3.51. The van der Waals surface area contributed by atoms with Crippen molar-refractivity contribution >= 4 is 44.6 Å². The highest BCUT2D eigenvalue weighted by Crippen LogP contribution is 2.31. The Morgan fingerprint density at radius 3 is 2.17 bits per heavy atom. The van der Waals surface area contributed by atoms with E-state index in [1.807, 2.05) is 7.05 Å². The lowest BCUT2D eigenvalue weighted by molar-refractivity contribution is -0.274. The zero-order valence-electron chi connectivity index (χ0n) is 19.0. The van der Waals surface area contributed by atoms with Crippen molar-refractivity contribution in [3.8, 4) is 5.75 Å². The Hall–Kier alpha value is -2.74. The Balaban J connectivity index is 0.000000784. The summed E-state index contributed by atoms with van der Waals surface area (Å²) in [6.45, 7) is 1.75. The van der Waals surface area contributed by atoms with Gasteiger partial charge in [0.2, 0.25) is 0 Å². The summed E-state index contributed by atoms with van der Waals surface area (Å²) in [6, 6.07) is 12.2. The topological polar surface area (TPSA) is 113 Å². The van der Waals surface area contributed by atoms with Crippen LogP contribution in [0.3, 0.4) is 0 Å². The van der Waals surface area contributed by atoms with Crippen molar-refractivity contribution in [2.45, 2.75) is 19.2 Å². The van der Waals surface area contributed by atoms with Gasteiger partial charge in [0.15, 0.2) is 10.9 Å². The first kappa shape index (κ1) is 28.5. The van der Waals surface area contributed by atoms with E-state index in [0.717, 1.165) is 25.9 Å². The molecule has 0 atom stereocenters. The molecule has 3 N–H and O–H groups in total. The molecule has 2 aromatic carbocycles. The second kappa shape index (κ2) is 11.8. The molecule has 0 aliphatic carbocycles. The van der Waals surface area contributed by atoms with Crippen molar-refractivity contribution < 1.29 is 35.7 Å². The molecular formula is C22H26F3N3O5S2. The van der Waals surface area contributed by atoms with Crippen LogP contribution in [0.25, 0.3) is 0 Å². The van der Waals surface area contributed by atoms with Crippen LogP contribution < -0.4 is 15.4 Å². The number of ether oxygens (including phenoxy) is 1. The fraction of sp³-hybridized carbons (Fsp3) is 0.364. The number of halogens is 3. The molecule has 35 heavy (non-hydrogen) atoms. The van der Waals surface area contributed by atoms with Crippen LogP contribution in [0.4, 0.5) is 24.5 Å². The molecule has 1 heterocycles. The summed E-state index contributed by atoms with van der Waals surface area (Å²) in [7, 11) is -1.63. The molecule has 8 nitrogen and oxygen atoms in total. The van der Waals surface area contributed by atoms with Crippen LogP contribution in [-0.2, 0) is 10.1 Å². The second-order valence-corrected chi connectivity index (χ2v) is 9.82. The molecule has 2 aromatic rings. The maximum absolute atomic E-state index is 12.9. The van der Waals surface area contributed by atoms with Crippen molar-refractivity contribution in [2.24, 2.45) is 11.7 Å². The minimum Gasteiger partial charge on any atom is -0.406 e. The maximum Gasteiger partial charge on any atom is 0.573 e. The lowest BCUT2D eigenvalue weighted by atomic mass is 9.89. The van der Waals surface area contributed by atoms with Gasteiger partial charge in [0, 0.05) is 22.9 Å². The first-order valence-corrected chi connectivity index (χ1v) is 12.6. The summed E-state index contributed by atoms with van der Waals surface area (Å²) < 4.78 is 66.9. The summed E-state index contributed by atoms with van der Waals surface area (Å²) in [5, 5.41) is 0.00313. The first-order chi connectivity index (χ1) is 16.1. The molecular weight excluding hydrogens is 507 g/mol. The normalized spacial score (nSPS) is 15.0. The van der Waals surface area contributed by atoms with Crippen molar-refractivity contribution in [2.75, 3.05) is 31.3 Å². The Labute approximate surface area is 207 Å². The van der Waals surface area contributed by atoms with Gasteiger partial charge in [-0.1, -0.05) is 12.1 Å². The number of nitrogens with zero attached hydrogens (tertiary/aromatic N) is 2. The minimum atomic E-state index is -4.77. The van der Waals surface area contributed by atoms with E-state index in [4.69, 9.17) is 22.5 Å². The number of alkyl halides is 3. The molecule has 0 bridgehead atoms. The molecule has 0 aromatic heterocycles. The highest BCUT2D eigenvalue weighted by Gasteiger charge is 2.31. The summed E-state index contributed by atoms with van der Waals surface area (Å²) in [5.74, 6) is -0.310. The van der Waals surface area contributed by atoms with E-state index >= 15 is 0 Å². The van der Waals surface area contributed by atoms with Crippen LogP contribution in [0.1, 0.15) is 23.2 Å². The molecule has 3 rings (SSSR count). The van der Waals surface area contributed by atoms with E-state index in [2.05, 4.69) is 9.64 Å². The smallest absolute Gasteiger partial charge is 0.406 e. The maximum atomic E-state index is 12.9. The molecule has 192 valence electrons. The molecule has 0 saturated carbocycles. The minimum absolute atomic E-state index is 0.00313. The third kappa shape index (κ3) is 9.80. The van der Waals surface area contributed by atoms with Gasteiger partial charge in [0.25, 0.3) is 10.1 Å². The average Bonchev–Trinajstić information content (AvgIpc) is 2.73. The summed E-state index contributed by atoms with van der Waals surface area (Å²) >= 11 is 5.15. The number of nitrogens with two attached hydrogens (primary N) is 1. The number of likely N-dealkylation sites (tertiary alicyclic amines) is 1. The van der Waals surface area contributed by atoms with Gasteiger partial charge < -0.3 is 15.4 Å². The number of benzene rings is 2. The van der Waals surface area contributed by atoms with Gasteiger partial charge in [0.1, 0.15) is 5.75 Å². The van der Waals surface area contributed by atoms with Gasteiger partial charge in [-0.25, -0.2) is 0 Å². The number of hydrogen-bond donors (Lipinski definition) is 2. The van der Waals surface area contributed by atoms with E-state index in [1.54, 1.807) is 24.3 Å².